The van der Waals surface area contributed by atoms with Gasteiger partial charge in [-0.25, -0.2) is 14.8 Å². The molecule has 3 aromatic heterocycles. The number of imidazole rings is 1. The van der Waals surface area contributed by atoms with E-state index in [0.717, 1.165) is 53.0 Å². The summed E-state index contributed by atoms with van der Waals surface area (Å²) in [6.45, 7) is 9.44. The number of aryl methyl sites for hydroxylation is 2. The van der Waals surface area contributed by atoms with Gasteiger partial charge >= 0.3 is 6.09 Å². The number of piperidine rings is 1. The molecule has 1 N–H and O–H groups in total. The van der Waals surface area contributed by atoms with Gasteiger partial charge in [-0.3, -0.25) is 9.69 Å². The van der Waals surface area contributed by atoms with Crippen LogP contribution < -0.4 is 4.74 Å². The van der Waals surface area contributed by atoms with Crippen molar-refractivity contribution in [2.45, 2.75) is 58.7 Å². The summed E-state index contributed by atoms with van der Waals surface area (Å²) in [6.07, 6.45) is 2.25. The van der Waals surface area contributed by atoms with E-state index in [9.17, 15) is 14.7 Å². The fraction of sp³-hybridized carbons (Fsp3) is 0.448. The number of rotatable bonds is 5. The molecular formula is C29H36N6O4. The van der Waals surface area contributed by atoms with Crippen molar-refractivity contribution in [3.05, 3.63) is 42.1 Å². The Kier molecular flexibility index (Phi) is 6.74. The molecule has 206 valence electrons. The van der Waals surface area contributed by atoms with E-state index in [-0.39, 0.29) is 11.9 Å². The molecule has 1 fully saturated rings. The number of hydrogen-bond donors (Lipinski definition) is 1. The zero-order chi connectivity index (χ0) is 28.1. The summed E-state index contributed by atoms with van der Waals surface area (Å²) in [6, 6.07) is 9.39. The minimum Gasteiger partial charge on any atom is -0.495 e. The number of pyridine rings is 1. The number of methoxy groups -OCH3 is 1. The van der Waals surface area contributed by atoms with Crippen LogP contribution in [0, 0.1) is 0 Å². The smallest absolute Gasteiger partial charge is 0.408 e. The van der Waals surface area contributed by atoms with E-state index in [4.69, 9.17) is 9.72 Å². The number of benzene rings is 1. The van der Waals surface area contributed by atoms with Gasteiger partial charge in [0.2, 0.25) is 0 Å². The fourth-order valence-electron chi connectivity index (χ4n) is 5.83. The molecule has 1 aromatic carbocycles. The molecule has 10 nitrogen and oxygen atoms in total. The summed E-state index contributed by atoms with van der Waals surface area (Å²) < 4.78 is 9.51. The van der Waals surface area contributed by atoms with Gasteiger partial charge in [-0.1, -0.05) is 0 Å². The number of hydrogen-bond acceptors (Lipinski definition) is 5. The van der Waals surface area contributed by atoms with E-state index in [1.165, 1.54) is 4.90 Å². The van der Waals surface area contributed by atoms with E-state index in [2.05, 4.69) is 22.5 Å². The number of fused-ring (bicyclic) bond motifs is 2. The molecule has 2 amide bonds. The molecule has 10 heteroatoms. The first kappa shape index (κ1) is 26.5. The summed E-state index contributed by atoms with van der Waals surface area (Å²) in [5.41, 5.74) is 3.45. The summed E-state index contributed by atoms with van der Waals surface area (Å²) in [5, 5.41) is 10.8. The van der Waals surface area contributed by atoms with Gasteiger partial charge in [-0.05, 0) is 70.9 Å². The topological polar surface area (TPSA) is 106 Å². The van der Waals surface area contributed by atoms with Gasteiger partial charge in [0.05, 0.1) is 36.1 Å². The predicted molar refractivity (Wildman–Crippen MR) is 150 cm³/mol. The molecule has 0 spiro atoms. The minimum atomic E-state index is -0.956. The molecule has 0 aliphatic carbocycles. The third kappa shape index (κ3) is 4.68. The van der Waals surface area contributed by atoms with Crippen LogP contribution in [-0.4, -0.2) is 77.8 Å². The Morgan fingerprint density at radius 2 is 1.97 bits per heavy atom. The number of aromatic nitrogens is 4. The number of carbonyl (C=O) groups is 2. The Hall–Kier alpha value is -4.08. The Bertz CT molecular complexity index is 1560. The van der Waals surface area contributed by atoms with Gasteiger partial charge in [-0.15, -0.1) is 0 Å². The van der Waals surface area contributed by atoms with Crippen molar-refractivity contribution in [3.63, 3.8) is 0 Å². The predicted octanol–water partition coefficient (Wildman–Crippen LogP) is 5.00. The standard InChI is InChI=1S/C29H36N6O4/c1-7-34-24(15-19-13-21(39-6)16-30-25(19)34)26-31-22-14-18(10-11-23(22)32(26)5)27(36)33-12-8-9-20(17-33)35(28(37)38)29(2,3)4/h10-11,13-16,20H,7-9,12,17H2,1-6H3,(H,37,38)/t20-/m1/s1. The van der Waals surface area contributed by atoms with Crippen molar-refractivity contribution in [1.82, 2.24) is 28.9 Å². The van der Waals surface area contributed by atoms with Gasteiger partial charge in [-0.2, -0.15) is 0 Å². The highest BCUT2D eigenvalue weighted by Crippen LogP contribution is 2.31. The number of nitrogens with zero attached hydrogens (tertiary/aromatic N) is 6. The number of likely N-dealkylation sites (tertiary alicyclic amines) is 1. The van der Waals surface area contributed by atoms with Crippen LogP contribution >= 0.6 is 0 Å². The molecule has 1 atom stereocenters. The van der Waals surface area contributed by atoms with Crippen molar-refractivity contribution >= 4 is 34.1 Å². The number of amides is 2. The van der Waals surface area contributed by atoms with Crippen LogP contribution in [0.1, 0.15) is 50.9 Å². The fourth-order valence-corrected chi connectivity index (χ4v) is 5.83. The van der Waals surface area contributed by atoms with Crippen LogP contribution in [0.5, 0.6) is 5.75 Å². The van der Waals surface area contributed by atoms with E-state index < -0.39 is 11.6 Å². The van der Waals surface area contributed by atoms with E-state index in [1.54, 1.807) is 18.2 Å². The number of ether oxygens (including phenoxy) is 1. The third-order valence-electron chi connectivity index (χ3n) is 7.60. The lowest BCUT2D eigenvalue weighted by molar-refractivity contribution is 0.0315. The second-order valence-corrected chi connectivity index (χ2v) is 11.1. The molecule has 4 aromatic rings. The molecule has 39 heavy (non-hydrogen) atoms. The van der Waals surface area contributed by atoms with Crippen LogP contribution in [0.2, 0.25) is 0 Å². The lowest BCUT2D eigenvalue weighted by Crippen LogP contribution is -2.57. The SMILES string of the molecule is CCn1c(-c2nc3cc(C(=O)N4CCC[C@@H](N(C(=O)O)C(C)(C)C)C4)ccc3n2C)cc2cc(OC)cnc21. The van der Waals surface area contributed by atoms with E-state index in [0.29, 0.717) is 24.4 Å². The largest absolute Gasteiger partial charge is 0.495 e. The van der Waals surface area contributed by atoms with Crippen LogP contribution in [0.4, 0.5) is 4.79 Å². The highest BCUT2D eigenvalue weighted by molar-refractivity contribution is 5.98. The van der Waals surface area contributed by atoms with Crippen molar-refractivity contribution in [2.75, 3.05) is 20.2 Å². The van der Waals surface area contributed by atoms with Crippen molar-refractivity contribution in [2.24, 2.45) is 7.05 Å². The van der Waals surface area contributed by atoms with Crippen molar-refractivity contribution in [1.29, 1.82) is 0 Å². The second-order valence-electron chi connectivity index (χ2n) is 11.1. The Balaban J connectivity index is 1.47. The summed E-state index contributed by atoms with van der Waals surface area (Å²) in [4.78, 5) is 38.4. The van der Waals surface area contributed by atoms with Gasteiger partial charge < -0.3 is 23.9 Å². The summed E-state index contributed by atoms with van der Waals surface area (Å²) in [7, 11) is 3.60. The molecule has 1 aliphatic heterocycles. The van der Waals surface area contributed by atoms with E-state index in [1.807, 2.05) is 56.7 Å². The van der Waals surface area contributed by atoms with Gasteiger partial charge in [0.25, 0.3) is 5.91 Å². The monoisotopic (exact) mass is 532 g/mol. The van der Waals surface area contributed by atoms with E-state index >= 15 is 0 Å². The zero-order valence-electron chi connectivity index (χ0n) is 23.4. The maximum atomic E-state index is 13.6. The first-order valence-electron chi connectivity index (χ1n) is 13.3. The summed E-state index contributed by atoms with van der Waals surface area (Å²) >= 11 is 0. The molecule has 1 saturated heterocycles. The molecule has 5 rings (SSSR count). The maximum Gasteiger partial charge on any atom is 0.408 e. The quantitative estimate of drug-likeness (QED) is 0.388. The highest BCUT2D eigenvalue weighted by atomic mass is 16.5. The molecule has 0 unspecified atom stereocenters. The highest BCUT2D eigenvalue weighted by Gasteiger charge is 2.37. The maximum absolute atomic E-state index is 13.6. The Morgan fingerprint density at radius 3 is 2.64 bits per heavy atom. The molecule has 0 saturated carbocycles. The first-order chi connectivity index (χ1) is 18.5. The van der Waals surface area contributed by atoms with Crippen LogP contribution in [0.25, 0.3) is 33.6 Å². The van der Waals surface area contributed by atoms with Gasteiger partial charge in [0.1, 0.15) is 11.4 Å². The van der Waals surface area contributed by atoms with Crippen LogP contribution in [0.15, 0.2) is 36.5 Å². The third-order valence-corrected chi connectivity index (χ3v) is 7.60. The summed E-state index contributed by atoms with van der Waals surface area (Å²) in [5.74, 6) is 1.38. The first-order valence-corrected chi connectivity index (χ1v) is 13.3. The Labute approximate surface area is 227 Å². The minimum absolute atomic E-state index is 0.105. The lowest BCUT2D eigenvalue weighted by atomic mass is 9.97. The number of carboxylic acid groups (broad SMARTS) is 1. The molecule has 1 aliphatic rings. The molecular weight excluding hydrogens is 496 g/mol. The van der Waals surface area contributed by atoms with Gasteiger partial charge in [0.15, 0.2) is 5.82 Å². The molecule has 0 bridgehead atoms. The molecule has 4 heterocycles. The normalized spacial score (nSPS) is 16.2. The lowest BCUT2D eigenvalue weighted by Gasteiger charge is -2.44. The average Bonchev–Trinajstić information content (AvgIpc) is 3.43. The second kappa shape index (κ2) is 9.91. The molecule has 0 radical (unpaired) electrons. The van der Waals surface area contributed by atoms with Crippen LogP contribution in [-0.2, 0) is 13.6 Å². The van der Waals surface area contributed by atoms with Gasteiger partial charge in [0, 0.05) is 43.2 Å². The van der Waals surface area contributed by atoms with Crippen molar-refractivity contribution < 1.29 is 19.4 Å². The average molecular weight is 533 g/mol. The van der Waals surface area contributed by atoms with Crippen LogP contribution in [0.3, 0.4) is 0 Å². The zero-order valence-corrected chi connectivity index (χ0v) is 23.4. The Morgan fingerprint density at radius 1 is 1.21 bits per heavy atom. The number of carbonyl (C=O) groups excluding carboxylic acids is 1. The van der Waals surface area contributed by atoms with Crippen molar-refractivity contribution in [3.8, 4) is 17.3 Å².